The SMILES string of the molecule is CCCN(CCNC(=NC)NCCCOCCOC)C(=O)OC(C)(C)C. The Kier molecular flexibility index (Phi) is 13.7. The van der Waals surface area contributed by atoms with Crippen LogP contribution in [0.1, 0.15) is 40.5 Å². The van der Waals surface area contributed by atoms with E-state index in [1.165, 1.54) is 0 Å². The van der Waals surface area contributed by atoms with Crippen LogP contribution in [0.3, 0.4) is 0 Å². The van der Waals surface area contributed by atoms with Gasteiger partial charge in [-0.05, 0) is 33.6 Å². The standard InChI is InChI=1S/C18H38N4O4/c1-7-11-22(17(23)26-18(2,3)4)12-10-21-16(19-5)20-9-8-13-25-15-14-24-6/h7-15H2,1-6H3,(H2,19,20,21). The van der Waals surface area contributed by atoms with Crippen molar-refractivity contribution in [3.8, 4) is 0 Å². The van der Waals surface area contributed by atoms with Gasteiger partial charge in [-0.15, -0.1) is 0 Å². The van der Waals surface area contributed by atoms with Gasteiger partial charge in [0.2, 0.25) is 0 Å². The monoisotopic (exact) mass is 374 g/mol. The predicted molar refractivity (Wildman–Crippen MR) is 105 cm³/mol. The minimum absolute atomic E-state index is 0.280. The number of hydrogen-bond acceptors (Lipinski definition) is 5. The quantitative estimate of drug-likeness (QED) is 0.308. The lowest BCUT2D eigenvalue weighted by molar-refractivity contribution is 0.0253. The van der Waals surface area contributed by atoms with Crippen LogP contribution in [0, 0.1) is 0 Å². The molecule has 0 fully saturated rings. The molecule has 154 valence electrons. The summed E-state index contributed by atoms with van der Waals surface area (Å²) >= 11 is 0. The zero-order valence-electron chi connectivity index (χ0n) is 17.4. The fraction of sp³-hybridized carbons (Fsp3) is 0.889. The molecule has 0 bridgehead atoms. The molecule has 0 aliphatic rings. The minimum Gasteiger partial charge on any atom is -0.444 e. The van der Waals surface area contributed by atoms with Gasteiger partial charge in [-0.3, -0.25) is 4.99 Å². The Morgan fingerprint density at radius 1 is 1.08 bits per heavy atom. The third-order valence-corrected chi connectivity index (χ3v) is 3.23. The Bertz CT molecular complexity index is 397. The lowest BCUT2D eigenvalue weighted by atomic mass is 10.2. The average molecular weight is 375 g/mol. The normalized spacial score (nSPS) is 12.0. The Balaban J connectivity index is 4.07. The van der Waals surface area contributed by atoms with E-state index >= 15 is 0 Å². The summed E-state index contributed by atoms with van der Waals surface area (Å²) in [6.07, 6.45) is 1.48. The molecule has 0 saturated carbocycles. The van der Waals surface area contributed by atoms with Crippen LogP contribution >= 0.6 is 0 Å². The molecule has 1 amide bonds. The summed E-state index contributed by atoms with van der Waals surface area (Å²) in [5, 5.41) is 6.44. The molecular weight excluding hydrogens is 336 g/mol. The molecule has 0 aromatic carbocycles. The number of methoxy groups -OCH3 is 1. The van der Waals surface area contributed by atoms with Crippen molar-refractivity contribution < 1.29 is 19.0 Å². The fourth-order valence-electron chi connectivity index (χ4n) is 2.05. The fourth-order valence-corrected chi connectivity index (χ4v) is 2.05. The highest BCUT2D eigenvalue weighted by atomic mass is 16.6. The first-order valence-electron chi connectivity index (χ1n) is 9.33. The van der Waals surface area contributed by atoms with Crippen LogP contribution in [0.25, 0.3) is 0 Å². The van der Waals surface area contributed by atoms with Crippen molar-refractivity contribution >= 4 is 12.1 Å². The molecule has 2 N–H and O–H groups in total. The number of aliphatic imine (C=N–C) groups is 1. The number of carbonyl (C=O) groups excluding carboxylic acids is 1. The van der Waals surface area contributed by atoms with Gasteiger partial charge < -0.3 is 29.7 Å². The van der Waals surface area contributed by atoms with E-state index in [0.717, 1.165) is 19.4 Å². The Morgan fingerprint density at radius 2 is 1.77 bits per heavy atom. The Morgan fingerprint density at radius 3 is 2.35 bits per heavy atom. The Labute approximate surface area is 158 Å². The summed E-state index contributed by atoms with van der Waals surface area (Å²) in [6, 6.07) is 0. The number of rotatable bonds is 12. The zero-order valence-corrected chi connectivity index (χ0v) is 17.4. The van der Waals surface area contributed by atoms with Crippen molar-refractivity contribution in [2.24, 2.45) is 4.99 Å². The van der Waals surface area contributed by atoms with Gasteiger partial charge in [0.1, 0.15) is 5.60 Å². The highest BCUT2D eigenvalue weighted by Crippen LogP contribution is 2.10. The third-order valence-electron chi connectivity index (χ3n) is 3.23. The van der Waals surface area contributed by atoms with Crippen LogP contribution in [-0.4, -0.2) is 82.7 Å². The van der Waals surface area contributed by atoms with Crippen LogP contribution in [0.15, 0.2) is 4.99 Å². The van der Waals surface area contributed by atoms with E-state index in [4.69, 9.17) is 14.2 Å². The number of amides is 1. The number of guanidine groups is 1. The van der Waals surface area contributed by atoms with Gasteiger partial charge in [0.15, 0.2) is 5.96 Å². The van der Waals surface area contributed by atoms with Crippen molar-refractivity contribution in [2.75, 3.05) is 60.2 Å². The number of nitrogens with one attached hydrogen (secondary N) is 2. The average Bonchev–Trinajstić information content (AvgIpc) is 2.56. The predicted octanol–water partition coefficient (Wildman–Crippen LogP) is 1.85. The van der Waals surface area contributed by atoms with Crippen molar-refractivity contribution in [3.05, 3.63) is 0 Å². The number of hydrogen-bond donors (Lipinski definition) is 2. The van der Waals surface area contributed by atoms with Crippen LogP contribution < -0.4 is 10.6 Å². The molecule has 0 aliphatic heterocycles. The van der Waals surface area contributed by atoms with Crippen molar-refractivity contribution in [2.45, 2.75) is 46.1 Å². The first-order valence-corrected chi connectivity index (χ1v) is 9.33. The van der Waals surface area contributed by atoms with Crippen LogP contribution in [0.5, 0.6) is 0 Å². The van der Waals surface area contributed by atoms with Gasteiger partial charge in [-0.1, -0.05) is 6.92 Å². The van der Waals surface area contributed by atoms with Crippen molar-refractivity contribution in [1.82, 2.24) is 15.5 Å². The summed E-state index contributed by atoms with van der Waals surface area (Å²) < 4.78 is 15.8. The number of carbonyl (C=O) groups is 1. The van der Waals surface area contributed by atoms with Gasteiger partial charge in [0.05, 0.1) is 13.2 Å². The molecule has 0 atom stereocenters. The van der Waals surface area contributed by atoms with Crippen LogP contribution in [0.4, 0.5) is 4.79 Å². The lowest BCUT2D eigenvalue weighted by Gasteiger charge is -2.27. The van der Waals surface area contributed by atoms with Crippen molar-refractivity contribution in [3.63, 3.8) is 0 Å². The molecular formula is C18H38N4O4. The molecule has 8 nitrogen and oxygen atoms in total. The summed E-state index contributed by atoms with van der Waals surface area (Å²) in [7, 11) is 3.38. The molecule has 0 heterocycles. The molecule has 0 aromatic heterocycles. The smallest absolute Gasteiger partial charge is 0.410 e. The highest BCUT2D eigenvalue weighted by Gasteiger charge is 2.21. The second-order valence-electron chi connectivity index (χ2n) is 6.85. The van der Waals surface area contributed by atoms with E-state index in [9.17, 15) is 4.79 Å². The molecule has 0 saturated heterocycles. The van der Waals surface area contributed by atoms with Gasteiger partial charge in [0, 0.05) is 46.9 Å². The molecule has 0 radical (unpaired) electrons. The molecule has 0 spiro atoms. The second kappa shape index (κ2) is 14.6. The summed E-state index contributed by atoms with van der Waals surface area (Å²) in [4.78, 5) is 18.1. The maximum Gasteiger partial charge on any atom is 0.410 e. The van der Waals surface area contributed by atoms with Gasteiger partial charge in [-0.25, -0.2) is 4.79 Å². The van der Waals surface area contributed by atoms with Crippen LogP contribution in [0.2, 0.25) is 0 Å². The summed E-state index contributed by atoms with van der Waals surface area (Å²) in [6.45, 7) is 12.2. The van der Waals surface area contributed by atoms with Gasteiger partial charge >= 0.3 is 6.09 Å². The maximum atomic E-state index is 12.2. The van der Waals surface area contributed by atoms with Gasteiger partial charge in [-0.2, -0.15) is 0 Å². The second-order valence-corrected chi connectivity index (χ2v) is 6.85. The number of ether oxygens (including phenoxy) is 3. The first-order chi connectivity index (χ1) is 12.3. The first kappa shape index (κ1) is 24.5. The topological polar surface area (TPSA) is 84.4 Å². The summed E-state index contributed by atoms with van der Waals surface area (Å²) in [5.74, 6) is 0.711. The third kappa shape index (κ3) is 13.7. The van der Waals surface area contributed by atoms with Gasteiger partial charge in [0.25, 0.3) is 0 Å². The lowest BCUT2D eigenvalue weighted by Crippen LogP contribution is -2.44. The Hall–Kier alpha value is -1.54. The maximum absolute atomic E-state index is 12.2. The van der Waals surface area contributed by atoms with E-state index in [0.29, 0.717) is 45.4 Å². The largest absolute Gasteiger partial charge is 0.444 e. The summed E-state index contributed by atoms with van der Waals surface area (Å²) in [5.41, 5.74) is -0.487. The van der Waals surface area contributed by atoms with E-state index in [-0.39, 0.29) is 6.09 Å². The van der Waals surface area contributed by atoms with Crippen molar-refractivity contribution in [1.29, 1.82) is 0 Å². The minimum atomic E-state index is -0.487. The van der Waals surface area contributed by atoms with E-state index in [1.807, 2.05) is 27.7 Å². The van der Waals surface area contributed by atoms with E-state index < -0.39 is 5.60 Å². The zero-order chi connectivity index (χ0) is 19.8. The molecule has 0 aromatic rings. The molecule has 0 rings (SSSR count). The highest BCUT2D eigenvalue weighted by molar-refractivity contribution is 5.79. The molecule has 0 unspecified atom stereocenters. The molecule has 0 aliphatic carbocycles. The van der Waals surface area contributed by atoms with Crippen LogP contribution in [-0.2, 0) is 14.2 Å². The molecule has 8 heteroatoms. The molecule has 26 heavy (non-hydrogen) atoms. The van der Waals surface area contributed by atoms with E-state index in [1.54, 1.807) is 19.1 Å². The number of nitrogens with zero attached hydrogens (tertiary/aromatic N) is 2. The van der Waals surface area contributed by atoms with E-state index in [2.05, 4.69) is 15.6 Å².